The summed E-state index contributed by atoms with van der Waals surface area (Å²) in [6.45, 7) is 4.34. The first-order chi connectivity index (χ1) is 3.97. The summed E-state index contributed by atoms with van der Waals surface area (Å²) < 4.78 is 0. The van der Waals surface area contributed by atoms with Gasteiger partial charge in [0.05, 0.1) is 0 Å². The van der Waals surface area contributed by atoms with Gasteiger partial charge in [-0.05, 0) is 13.8 Å². The molecule has 0 radical (unpaired) electrons. The molecule has 0 bridgehead atoms. The molecule has 0 aliphatic heterocycles. The Labute approximate surface area is 72.4 Å². The predicted octanol–water partition coefficient (Wildman–Crippen LogP) is 1.06. The number of hydrogen-bond donors (Lipinski definition) is 2. The van der Waals surface area contributed by atoms with Crippen LogP contribution in [0.1, 0.15) is 13.8 Å². The fraction of sp³-hybridized carbons (Fsp3) is 1.00. The average Bonchev–Trinajstić information content (AvgIpc) is 1.67. The van der Waals surface area contributed by atoms with E-state index >= 15 is 0 Å². The molecule has 0 saturated heterocycles. The first kappa shape index (κ1) is 12.8. The van der Waals surface area contributed by atoms with Gasteiger partial charge in [-0.2, -0.15) is 0 Å². The van der Waals surface area contributed by atoms with Crippen LogP contribution in [-0.4, -0.2) is 12.1 Å². The van der Waals surface area contributed by atoms with Crippen molar-refractivity contribution in [2.45, 2.75) is 19.4 Å². The van der Waals surface area contributed by atoms with Gasteiger partial charge < -0.3 is 11.5 Å². The zero-order chi connectivity index (χ0) is 7.91. The van der Waals surface area contributed by atoms with Crippen molar-refractivity contribution in [2.24, 2.45) is 11.5 Å². The van der Waals surface area contributed by atoms with Crippen molar-refractivity contribution in [3.05, 3.63) is 0 Å². The topological polar surface area (TPSA) is 52.0 Å². The number of rotatable bonds is 1. The molecule has 0 aromatic rings. The molecule has 0 aromatic carbocycles. The molecule has 0 heterocycles. The van der Waals surface area contributed by atoms with E-state index in [-0.39, 0.29) is 21.5 Å². The molecule has 4 N–H and O–H groups in total. The van der Waals surface area contributed by atoms with E-state index in [1.165, 1.54) is 0 Å². The third-order valence-corrected chi connectivity index (χ3v) is 0.526. The molecule has 2 nitrogen and oxygen atoms in total. The zero-order valence-electron chi connectivity index (χ0n) is 5.43. The number of hydrogen-bond acceptors (Lipinski definition) is 2. The summed E-state index contributed by atoms with van der Waals surface area (Å²) in [4.78, 5) is 0. The second kappa shape index (κ2) is 7.27. The summed E-state index contributed by atoms with van der Waals surface area (Å²) in [5.41, 5.74) is 10.4. The van der Waals surface area contributed by atoms with Gasteiger partial charge >= 0.3 is 35.0 Å². The standard InChI is InChI=1S/C4H12N2.2ClH.Pd/c1-4(2,6)3-5;;;/h3,5-6H2,1-2H3;2*1H;/q;;;+2/p-2. The monoisotopic (exact) mass is 264 g/mol. The van der Waals surface area contributed by atoms with Crippen LogP contribution in [-0.2, 0) is 15.9 Å². The summed E-state index contributed by atoms with van der Waals surface area (Å²) in [6, 6.07) is 0. The normalized spacial score (nSPS) is 10.4. The van der Waals surface area contributed by atoms with Crippen molar-refractivity contribution in [1.29, 1.82) is 0 Å². The van der Waals surface area contributed by atoms with Crippen LogP contribution in [0.15, 0.2) is 0 Å². The summed E-state index contributed by atoms with van der Waals surface area (Å²) in [7, 11) is 9.63. The number of halogens is 2. The maximum atomic E-state index is 5.41. The molecule has 5 heteroatoms. The quantitative estimate of drug-likeness (QED) is 0.697. The molecule has 0 atom stereocenters. The van der Waals surface area contributed by atoms with Crippen molar-refractivity contribution in [2.75, 3.05) is 6.54 Å². The van der Waals surface area contributed by atoms with Crippen LogP contribution >= 0.6 is 19.1 Å². The van der Waals surface area contributed by atoms with Crippen molar-refractivity contribution in [3.63, 3.8) is 0 Å². The molecule has 0 aliphatic rings. The van der Waals surface area contributed by atoms with Gasteiger partial charge in [-0.3, -0.25) is 0 Å². The first-order valence-corrected chi connectivity index (χ1v) is 6.29. The second-order valence-corrected chi connectivity index (χ2v) is 4.60. The molecule has 0 spiro atoms. The third-order valence-electron chi connectivity index (χ3n) is 0.526. The van der Waals surface area contributed by atoms with Crippen LogP contribution in [0.25, 0.3) is 0 Å². The first-order valence-electron chi connectivity index (χ1n) is 2.29. The molecular formula is C4H12Cl2N2Pd. The summed E-state index contributed by atoms with van der Waals surface area (Å²) in [5.74, 6) is 0. The van der Waals surface area contributed by atoms with Crippen LogP contribution in [0.2, 0.25) is 0 Å². The molecule has 0 aliphatic carbocycles. The molecule has 0 aromatic heterocycles. The van der Waals surface area contributed by atoms with Crippen molar-refractivity contribution in [3.8, 4) is 0 Å². The SMILES string of the molecule is CC(C)(N)CN.[Cl][Pd][Cl]. The van der Waals surface area contributed by atoms with E-state index < -0.39 is 0 Å². The molecule has 0 fully saturated rings. The molecule has 0 amide bonds. The van der Waals surface area contributed by atoms with Crippen molar-refractivity contribution in [1.82, 2.24) is 0 Å². The fourth-order valence-corrected chi connectivity index (χ4v) is 0. The molecular weight excluding hydrogens is 253 g/mol. The van der Waals surface area contributed by atoms with Gasteiger partial charge in [-0.15, -0.1) is 0 Å². The Morgan fingerprint density at radius 1 is 1.44 bits per heavy atom. The predicted molar refractivity (Wildman–Crippen MR) is 39.0 cm³/mol. The average molecular weight is 265 g/mol. The summed E-state index contributed by atoms with van der Waals surface area (Å²) in [6.07, 6.45) is 0. The summed E-state index contributed by atoms with van der Waals surface area (Å²) >= 11 is -0.106. The Bertz CT molecular complexity index is 55.0. The van der Waals surface area contributed by atoms with Gasteiger partial charge in [0.15, 0.2) is 0 Å². The van der Waals surface area contributed by atoms with E-state index in [0.29, 0.717) is 6.54 Å². The minimum absolute atomic E-state index is 0.106. The van der Waals surface area contributed by atoms with E-state index in [0.717, 1.165) is 0 Å². The molecule has 62 valence electrons. The van der Waals surface area contributed by atoms with E-state index in [1.54, 1.807) is 0 Å². The molecule has 9 heavy (non-hydrogen) atoms. The van der Waals surface area contributed by atoms with E-state index in [4.69, 9.17) is 30.5 Å². The van der Waals surface area contributed by atoms with Gasteiger partial charge in [0, 0.05) is 12.1 Å². The molecule has 0 rings (SSSR count). The van der Waals surface area contributed by atoms with Crippen molar-refractivity contribution >= 4 is 19.1 Å². The van der Waals surface area contributed by atoms with Gasteiger partial charge in [0.25, 0.3) is 0 Å². The Morgan fingerprint density at radius 3 is 1.56 bits per heavy atom. The van der Waals surface area contributed by atoms with Crippen LogP contribution in [0.5, 0.6) is 0 Å². The maximum absolute atomic E-state index is 5.41. The van der Waals surface area contributed by atoms with E-state index in [9.17, 15) is 0 Å². The Hall–Kier alpha value is 1.16. The Balaban J connectivity index is 0. The van der Waals surface area contributed by atoms with Crippen LogP contribution in [0.4, 0.5) is 0 Å². The number of nitrogens with two attached hydrogens (primary N) is 2. The van der Waals surface area contributed by atoms with Gasteiger partial charge in [0.2, 0.25) is 0 Å². The van der Waals surface area contributed by atoms with Crippen LogP contribution in [0.3, 0.4) is 0 Å². The zero-order valence-corrected chi connectivity index (χ0v) is 8.50. The Morgan fingerprint density at radius 2 is 1.56 bits per heavy atom. The summed E-state index contributed by atoms with van der Waals surface area (Å²) in [5, 5.41) is 0. The van der Waals surface area contributed by atoms with Gasteiger partial charge in [0.1, 0.15) is 0 Å². The van der Waals surface area contributed by atoms with Crippen LogP contribution < -0.4 is 11.5 Å². The van der Waals surface area contributed by atoms with Crippen molar-refractivity contribution < 1.29 is 15.9 Å². The molecule has 0 unspecified atom stereocenters. The minimum atomic E-state index is -0.181. The van der Waals surface area contributed by atoms with E-state index in [1.807, 2.05) is 13.8 Å². The van der Waals surface area contributed by atoms with E-state index in [2.05, 4.69) is 0 Å². The van der Waals surface area contributed by atoms with Crippen LogP contribution in [0, 0.1) is 0 Å². The second-order valence-electron chi connectivity index (χ2n) is 2.24. The van der Waals surface area contributed by atoms with Gasteiger partial charge in [-0.25, -0.2) is 0 Å². The fourth-order valence-electron chi connectivity index (χ4n) is 0. The molecule has 0 saturated carbocycles. The Kier molecular flexibility index (Phi) is 10.3. The third kappa shape index (κ3) is 27.1. The van der Waals surface area contributed by atoms with Gasteiger partial charge in [-0.1, -0.05) is 0 Å².